The molecule has 0 saturated carbocycles. The molecule has 2 rings (SSSR count). The highest BCUT2D eigenvalue weighted by atomic mass is 35.5. The topological polar surface area (TPSA) is 59.2 Å². The van der Waals surface area contributed by atoms with Gasteiger partial charge >= 0.3 is 0 Å². The molecule has 2 aromatic rings. The Hall–Kier alpha value is -2.07. The molecule has 1 heterocycles. The first kappa shape index (κ1) is 15.0. The van der Waals surface area contributed by atoms with Gasteiger partial charge in [0.2, 0.25) is 5.91 Å². The second-order valence-corrected chi connectivity index (χ2v) is 4.41. The van der Waals surface area contributed by atoms with Crippen molar-refractivity contribution >= 4 is 23.2 Å². The van der Waals surface area contributed by atoms with E-state index in [0.717, 1.165) is 0 Å². The van der Waals surface area contributed by atoms with Crippen LogP contribution in [0.4, 0.5) is 5.69 Å². The number of amides is 1. The van der Waals surface area contributed by atoms with E-state index in [1.807, 2.05) is 31.1 Å². The van der Waals surface area contributed by atoms with E-state index in [4.69, 9.17) is 17.3 Å². The average Bonchev–Trinajstić information content (AvgIpc) is 2.41. The first-order valence-electron chi connectivity index (χ1n) is 5.63. The molecule has 1 aromatic carbocycles. The lowest BCUT2D eigenvalue weighted by molar-refractivity contribution is 0.100. The van der Waals surface area contributed by atoms with Crippen LogP contribution in [0.3, 0.4) is 0 Å². The molecule has 0 spiro atoms. The van der Waals surface area contributed by atoms with Crippen LogP contribution in [0.15, 0.2) is 48.8 Å². The average molecular weight is 278 g/mol. The Bertz CT molecular complexity index is 512. The highest BCUT2D eigenvalue weighted by Gasteiger charge is 1.96. The van der Waals surface area contributed by atoms with E-state index in [9.17, 15) is 4.79 Å². The Morgan fingerprint density at radius 2 is 1.63 bits per heavy atom. The molecule has 4 nitrogen and oxygen atoms in total. The maximum Gasteiger partial charge on any atom is 0.248 e. The van der Waals surface area contributed by atoms with E-state index in [-0.39, 0.29) is 0 Å². The van der Waals surface area contributed by atoms with E-state index in [0.29, 0.717) is 10.6 Å². The molecule has 1 amide bonds. The number of carbonyl (C=O) groups is 1. The molecule has 100 valence electrons. The van der Waals surface area contributed by atoms with Crippen LogP contribution in [0.5, 0.6) is 0 Å². The second kappa shape index (κ2) is 7.38. The Morgan fingerprint density at radius 3 is 2.00 bits per heavy atom. The highest BCUT2D eigenvalue weighted by Crippen LogP contribution is 2.08. The summed E-state index contributed by atoms with van der Waals surface area (Å²) in [5.74, 6) is -0.434. The van der Waals surface area contributed by atoms with Gasteiger partial charge in [-0.3, -0.25) is 9.78 Å². The van der Waals surface area contributed by atoms with E-state index in [1.165, 1.54) is 5.69 Å². The van der Waals surface area contributed by atoms with Gasteiger partial charge in [0.15, 0.2) is 0 Å². The third kappa shape index (κ3) is 5.40. The van der Waals surface area contributed by atoms with E-state index in [1.54, 1.807) is 36.7 Å². The fourth-order valence-electron chi connectivity index (χ4n) is 1.26. The molecule has 5 heteroatoms. The molecule has 0 unspecified atom stereocenters. The largest absolute Gasteiger partial charge is 0.378 e. The highest BCUT2D eigenvalue weighted by molar-refractivity contribution is 6.30. The molecule has 0 aliphatic carbocycles. The summed E-state index contributed by atoms with van der Waals surface area (Å²) in [6.45, 7) is 0. The number of primary amides is 1. The predicted octanol–water partition coefficient (Wildman–Crippen LogP) is 2.59. The molecule has 0 fully saturated rings. The number of anilines is 1. The van der Waals surface area contributed by atoms with Gasteiger partial charge in [0, 0.05) is 42.8 Å². The molecule has 0 bridgehead atoms. The molecule has 19 heavy (non-hydrogen) atoms. The fourth-order valence-corrected chi connectivity index (χ4v) is 1.38. The van der Waals surface area contributed by atoms with Crippen molar-refractivity contribution in [2.45, 2.75) is 0 Å². The Morgan fingerprint density at radius 1 is 1.11 bits per heavy atom. The van der Waals surface area contributed by atoms with Gasteiger partial charge in [-0.1, -0.05) is 11.6 Å². The molecule has 0 aliphatic heterocycles. The number of halogens is 1. The zero-order valence-corrected chi connectivity index (χ0v) is 11.6. The van der Waals surface area contributed by atoms with Gasteiger partial charge < -0.3 is 10.6 Å². The maximum absolute atomic E-state index is 10.5. The minimum Gasteiger partial charge on any atom is -0.378 e. The molecule has 0 aliphatic rings. The number of hydrogen-bond acceptors (Lipinski definition) is 3. The number of benzene rings is 1. The summed E-state index contributed by atoms with van der Waals surface area (Å²) >= 11 is 5.56. The molecule has 0 saturated heterocycles. The number of carbonyl (C=O) groups excluding carboxylic acids is 1. The summed E-state index contributed by atoms with van der Waals surface area (Å²) in [7, 11) is 4.02. The van der Waals surface area contributed by atoms with Crippen LogP contribution in [0.25, 0.3) is 0 Å². The lowest BCUT2D eigenvalue weighted by atomic mass is 10.2. The molecule has 1 aromatic heterocycles. The number of nitrogens with two attached hydrogens (primary N) is 1. The van der Waals surface area contributed by atoms with Crippen LogP contribution < -0.4 is 10.6 Å². The van der Waals surface area contributed by atoms with E-state index >= 15 is 0 Å². The number of nitrogens with zero attached hydrogens (tertiary/aromatic N) is 2. The van der Waals surface area contributed by atoms with Crippen molar-refractivity contribution in [3.8, 4) is 0 Å². The monoisotopic (exact) mass is 277 g/mol. The van der Waals surface area contributed by atoms with Crippen molar-refractivity contribution in [2.24, 2.45) is 5.73 Å². The SMILES string of the molecule is CN(C)c1ccncc1.NC(=O)c1ccc(Cl)cc1. The summed E-state index contributed by atoms with van der Waals surface area (Å²) in [6.07, 6.45) is 3.57. The van der Waals surface area contributed by atoms with Crippen molar-refractivity contribution in [3.05, 3.63) is 59.4 Å². The van der Waals surface area contributed by atoms with Gasteiger partial charge in [0.1, 0.15) is 0 Å². The quantitative estimate of drug-likeness (QED) is 0.918. The summed E-state index contributed by atoms with van der Waals surface area (Å²) in [5.41, 5.74) is 6.64. The molecular formula is C14H16ClN3O. The Kier molecular flexibility index (Phi) is 5.82. The Labute approximate surface area is 117 Å². The van der Waals surface area contributed by atoms with Crippen LogP contribution in [0, 0.1) is 0 Å². The number of rotatable bonds is 2. The third-order valence-electron chi connectivity index (χ3n) is 2.31. The van der Waals surface area contributed by atoms with Gasteiger partial charge in [0.25, 0.3) is 0 Å². The number of hydrogen-bond donors (Lipinski definition) is 1. The van der Waals surface area contributed by atoms with Crippen LogP contribution in [-0.2, 0) is 0 Å². The van der Waals surface area contributed by atoms with Gasteiger partial charge in [-0.2, -0.15) is 0 Å². The summed E-state index contributed by atoms with van der Waals surface area (Å²) in [5, 5.41) is 0.602. The normalized spacial score (nSPS) is 9.21. The van der Waals surface area contributed by atoms with Gasteiger partial charge in [0.05, 0.1) is 0 Å². The van der Waals surface area contributed by atoms with Gasteiger partial charge in [-0.25, -0.2) is 0 Å². The van der Waals surface area contributed by atoms with Crippen LogP contribution in [0.1, 0.15) is 10.4 Å². The van der Waals surface area contributed by atoms with Crippen molar-refractivity contribution in [2.75, 3.05) is 19.0 Å². The predicted molar refractivity (Wildman–Crippen MR) is 78.5 cm³/mol. The van der Waals surface area contributed by atoms with Crippen LogP contribution in [0.2, 0.25) is 5.02 Å². The third-order valence-corrected chi connectivity index (χ3v) is 2.56. The Balaban J connectivity index is 0.000000191. The standard InChI is InChI=1S/C7H6ClNO.C7H10N2/c8-6-3-1-5(2-4-6)7(9)10;1-9(2)7-3-5-8-6-4-7/h1-4H,(H2,9,10);3-6H,1-2H3. The smallest absolute Gasteiger partial charge is 0.248 e. The minimum absolute atomic E-state index is 0.434. The van der Waals surface area contributed by atoms with Crippen LogP contribution >= 0.6 is 11.6 Å². The van der Waals surface area contributed by atoms with E-state index < -0.39 is 5.91 Å². The summed E-state index contributed by atoms with van der Waals surface area (Å²) in [4.78, 5) is 16.4. The zero-order chi connectivity index (χ0) is 14.3. The van der Waals surface area contributed by atoms with Crippen LogP contribution in [-0.4, -0.2) is 25.0 Å². The van der Waals surface area contributed by atoms with Crippen molar-refractivity contribution < 1.29 is 4.79 Å². The molecule has 0 atom stereocenters. The minimum atomic E-state index is -0.434. The molecular weight excluding hydrogens is 262 g/mol. The lowest BCUT2D eigenvalue weighted by Gasteiger charge is -2.10. The van der Waals surface area contributed by atoms with Gasteiger partial charge in [-0.15, -0.1) is 0 Å². The molecule has 2 N–H and O–H groups in total. The van der Waals surface area contributed by atoms with Crippen molar-refractivity contribution in [1.29, 1.82) is 0 Å². The van der Waals surface area contributed by atoms with Gasteiger partial charge in [-0.05, 0) is 36.4 Å². The van der Waals surface area contributed by atoms with Crippen molar-refractivity contribution in [1.82, 2.24) is 4.98 Å². The zero-order valence-electron chi connectivity index (χ0n) is 10.9. The maximum atomic E-state index is 10.5. The second-order valence-electron chi connectivity index (χ2n) is 3.97. The summed E-state index contributed by atoms with van der Waals surface area (Å²) in [6, 6.07) is 10.4. The summed E-state index contributed by atoms with van der Waals surface area (Å²) < 4.78 is 0. The molecule has 0 radical (unpaired) electrons. The number of pyridine rings is 1. The first-order chi connectivity index (χ1) is 9.00. The van der Waals surface area contributed by atoms with Crippen molar-refractivity contribution in [3.63, 3.8) is 0 Å². The number of aromatic nitrogens is 1. The first-order valence-corrected chi connectivity index (χ1v) is 6.01. The lowest BCUT2D eigenvalue weighted by Crippen LogP contribution is -2.10. The van der Waals surface area contributed by atoms with E-state index in [2.05, 4.69) is 4.98 Å². The fraction of sp³-hybridized carbons (Fsp3) is 0.143.